The first kappa shape index (κ1) is 20.6. The smallest absolute Gasteiger partial charge is 0.417 e. The summed E-state index contributed by atoms with van der Waals surface area (Å²) in [6, 6.07) is 8.55. The summed E-state index contributed by atoms with van der Waals surface area (Å²) in [4.78, 5) is 14.7. The fraction of sp³-hybridized carbons (Fsp3) is 0.278. The van der Waals surface area contributed by atoms with E-state index in [2.05, 4.69) is 4.98 Å². The van der Waals surface area contributed by atoms with E-state index < -0.39 is 29.0 Å². The number of benzene rings is 1. The van der Waals surface area contributed by atoms with Crippen LogP contribution in [0.3, 0.4) is 0 Å². The number of pyridine rings is 1. The second-order valence-corrected chi connectivity index (χ2v) is 6.34. The summed E-state index contributed by atoms with van der Waals surface area (Å²) >= 11 is 0.513. The van der Waals surface area contributed by atoms with E-state index >= 15 is 0 Å². The molecule has 2 aromatic rings. The van der Waals surface area contributed by atoms with Gasteiger partial charge in [0.05, 0.1) is 29.4 Å². The molecule has 2 rings (SSSR count). The highest BCUT2D eigenvalue weighted by molar-refractivity contribution is 7.99. The van der Waals surface area contributed by atoms with Crippen LogP contribution in [0.1, 0.15) is 24.5 Å². The first-order chi connectivity index (χ1) is 12.8. The van der Waals surface area contributed by atoms with Crippen molar-refractivity contribution in [2.24, 2.45) is 0 Å². The van der Waals surface area contributed by atoms with Crippen molar-refractivity contribution in [3.8, 4) is 23.1 Å². The molecule has 27 heavy (non-hydrogen) atoms. The van der Waals surface area contributed by atoms with Gasteiger partial charge in [0, 0.05) is 11.3 Å². The summed E-state index contributed by atoms with van der Waals surface area (Å²) in [5.74, 6) is -1.52. The number of carbonyl (C=O) groups excluding carboxylic acids is 1. The molecular formula is C18H14F3N2O3S-. The Balaban J connectivity index is 2.51. The van der Waals surface area contributed by atoms with Crippen molar-refractivity contribution in [2.75, 3.05) is 12.4 Å². The van der Waals surface area contributed by atoms with Gasteiger partial charge in [-0.1, -0.05) is 18.7 Å². The molecule has 142 valence electrons. The molecule has 1 aromatic carbocycles. The molecule has 0 radical (unpaired) electrons. The number of rotatable bonds is 7. The number of hydrogen-bond acceptors (Lipinski definition) is 6. The minimum absolute atomic E-state index is 0.0239. The summed E-state index contributed by atoms with van der Waals surface area (Å²) in [7, 11) is 0. The summed E-state index contributed by atoms with van der Waals surface area (Å²) in [5.41, 5.74) is -1.52. The Labute approximate surface area is 157 Å². The highest BCUT2D eigenvalue weighted by Gasteiger charge is 2.36. The topological polar surface area (TPSA) is 86.0 Å². The summed E-state index contributed by atoms with van der Waals surface area (Å²) in [5, 5.41) is 19.5. The number of hydrogen-bond donors (Lipinski definition) is 0. The predicted molar refractivity (Wildman–Crippen MR) is 90.9 cm³/mol. The molecule has 0 spiro atoms. The van der Waals surface area contributed by atoms with Crippen LogP contribution in [-0.4, -0.2) is 23.3 Å². The third-order valence-electron chi connectivity index (χ3n) is 3.35. The van der Waals surface area contributed by atoms with Gasteiger partial charge in [0.2, 0.25) is 0 Å². The fourth-order valence-corrected chi connectivity index (χ4v) is 2.89. The first-order valence-corrected chi connectivity index (χ1v) is 8.83. The highest BCUT2D eigenvalue weighted by atomic mass is 32.2. The Hall–Kier alpha value is -2.73. The molecule has 1 aromatic heterocycles. The first-order valence-electron chi connectivity index (χ1n) is 7.84. The van der Waals surface area contributed by atoms with Gasteiger partial charge in [0.1, 0.15) is 16.8 Å². The maximum Gasteiger partial charge on any atom is 0.417 e. The number of carbonyl (C=O) groups is 1. The molecule has 0 N–H and O–H groups in total. The second-order valence-electron chi connectivity index (χ2n) is 5.38. The van der Waals surface area contributed by atoms with Crippen molar-refractivity contribution in [3.63, 3.8) is 0 Å². The lowest BCUT2D eigenvalue weighted by atomic mass is 10.1. The van der Waals surface area contributed by atoms with Crippen LogP contribution in [0.5, 0.6) is 5.75 Å². The van der Waals surface area contributed by atoms with Crippen molar-refractivity contribution < 1.29 is 27.8 Å². The van der Waals surface area contributed by atoms with Crippen LogP contribution in [0.2, 0.25) is 0 Å². The van der Waals surface area contributed by atoms with E-state index in [-0.39, 0.29) is 10.7 Å². The van der Waals surface area contributed by atoms with E-state index in [4.69, 9.17) is 10.00 Å². The molecule has 5 nitrogen and oxygen atoms in total. The molecule has 0 fully saturated rings. The quantitative estimate of drug-likeness (QED) is 0.669. The van der Waals surface area contributed by atoms with Crippen LogP contribution >= 0.6 is 11.8 Å². The van der Waals surface area contributed by atoms with Gasteiger partial charge in [-0.25, -0.2) is 4.98 Å². The molecule has 1 heterocycles. The average molecular weight is 395 g/mol. The number of nitriles is 1. The fourth-order valence-electron chi connectivity index (χ4n) is 2.17. The van der Waals surface area contributed by atoms with Crippen molar-refractivity contribution in [1.82, 2.24) is 4.98 Å². The van der Waals surface area contributed by atoms with Crippen LogP contribution in [0.4, 0.5) is 13.2 Å². The van der Waals surface area contributed by atoms with E-state index in [0.29, 0.717) is 29.7 Å². The molecule has 0 aliphatic rings. The molecule has 0 saturated carbocycles. The van der Waals surface area contributed by atoms with Crippen molar-refractivity contribution >= 4 is 17.7 Å². The Bertz CT molecular complexity index is 862. The molecule has 0 aliphatic carbocycles. The predicted octanol–water partition coefficient (Wildman–Crippen LogP) is 3.27. The maximum absolute atomic E-state index is 13.4. The number of thioether (sulfide) groups is 1. The van der Waals surface area contributed by atoms with E-state index in [1.807, 2.05) is 6.92 Å². The lowest BCUT2D eigenvalue weighted by Crippen LogP contribution is -2.24. The Morgan fingerprint density at radius 1 is 1.33 bits per heavy atom. The zero-order valence-corrected chi connectivity index (χ0v) is 15.0. The Morgan fingerprint density at radius 3 is 2.52 bits per heavy atom. The number of carboxylic acid groups (broad SMARTS) is 1. The lowest BCUT2D eigenvalue weighted by Gasteiger charge is -2.14. The minimum atomic E-state index is -4.79. The monoisotopic (exact) mass is 395 g/mol. The number of carboxylic acids is 1. The van der Waals surface area contributed by atoms with Gasteiger partial charge in [0.15, 0.2) is 0 Å². The van der Waals surface area contributed by atoms with Gasteiger partial charge in [-0.2, -0.15) is 18.4 Å². The number of aromatic nitrogens is 1. The molecule has 0 saturated heterocycles. The largest absolute Gasteiger partial charge is 0.549 e. The molecule has 9 heteroatoms. The van der Waals surface area contributed by atoms with Gasteiger partial charge >= 0.3 is 6.18 Å². The maximum atomic E-state index is 13.4. The van der Waals surface area contributed by atoms with Gasteiger partial charge < -0.3 is 14.6 Å². The summed E-state index contributed by atoms with van der Waals surface area (Å²) in [6.45, 7) is 2.45. The lowest BCUT2D eigenvalue weighted by molar-refractivity contribution is -0.301. The molecule has 0 atom stereocenters. The van der Waals surface area contributed by atoms with Gasteiger partial charge in [-0.05, 0) is 36.8 Å². The van der Waals surface area contributed by atoms with Gasteiger partial charge in [-0.15, -0.1) is 0 Å². The molecule has 0 aliphatic heterocycles. The van der Waals surface area contributed by atoms with Gasteiger partial charge in [-0.3, -0.25) is 0 Å². The molecule has 0 unspecified atom stereocenters. The zero-order valence-electron chi connectivity index (χ0n) is 14.2. The SMILES string of the molecule is CCCOc1ccc(-c2cc(C(F)(F)F)c(C#N)c(SCC(=O)[O-])n2)cc1. The number of nitrogens with zero attached hydrogens (tertiary/aromatic N) is 2. The van der Waals surface area contributed by atoms with Crippen LogP contribution in [0.25, 0.3) is 11.3 Å². The normalized spacial score (nSPS) is 11.1. The van der Waals surface area contributed by atoms with Crippen LogP contribution in [0.15, 0.2) is 35.4 Å². The van der Waals surface area contributed by atoms with E-state index in [9.17, 15) is 23.1 Å². The third-order valence-corrected chi connectivity index (χ3v) is 4.30. The van der Waals surface area contributed by atoms with Crippen molar-refractivity contribution in [3.05, 3.63) is 41.5 Å². The number of ether oxygens (including phenoxy) is 1. The number of alkyl halides is 3. The standard InChI is InChI=1S/C18H15F3N2O3S/c1-2-7-26-12-5-3-11(4-6-12)15-8-14(18(19,20)21)13(9-22)17(23-15)27-10-16(24)25/h3-6,8H,2,7,10H2,1H3,(H,24,25)/p-1. The molecular weight excluding hydrogens is 381 g/mol. The molecule has 0 bridgehead atoms. The number of aliphatic carboxylic acids is 1. The Kier molecular flexibility index (Phi) is 6.69. The number of halogens is 3. The van der Waals surface area contributed by atoms with E-state index in [0.717, 1.165) is 12.5 Å². The summed E-state index contributed by atoms with van der Waals surface area (Å²) in [6.07, 6.45) is -3.98. The van der Waals surface area contributed by atoms with Crippen LogP contribution in [-0.2, 0) is 11.0 Å². The zero-order chi connectivity index (χ0) is 20.0. The highest BCUT2D eigenvalue weighted by Crippen LogP contribution is 2.38. The van der Waals surface area contributed by atoms with Crippen molar-refractivity contribution in [1.29, 1.82) is 5.26 Å². The second kappa shape index (κ2) is 8.77. The van der Waals surface area contributed by atoms with Gasteiger partial charge in [0.25, 0.3) is 0 Å². The van der Waals surface area contributed by atoms with E-state index in [1.54, 1.807) is 24.3 Å². The summed E-state index contributed by atoms with van der Waals surface area (Å²) < 4.78 is 45.6. The van der Waals surface area contributed by atoms with Crippen molar-refractivity contribution in [2.45, 2.75) is 24.5 Å². The van der Waals surface area contributed by atoms with Crippen LogP contribution < -0.4 is 9.84 Å². The third kappa shape index (κ3) is 5.37. The minimum Gasteiger partial charge on any atom is -0.549 e. The van der Waals surface area contributed by atoms with Crippen LogP contribution in [0, 0.1) is 11.3 Å². The molecule has 0 amide bonds. The van der Waals surface area contributed by atoms with E-state index in [1.165, 1.54) is 6.07 Å². The average Bonchev–Trinajstić information content (AvgIpc) is 2.63. The Morgan fingerprint density at radius 2 is 2.00 bits per heavy atom.